The molecule has 2 aliphatic heterocycles. The van der Waals surface area contributed by atoms with Crippen molar-refractivity contribution in [1.29, 1.82) is 0 Å². The molecule has 1 saturated heterocycles. The van der Waals surface area contributed by atoms with E-state index in [0.29, 0.717) is 12.5 Å². The van der Waals surface area contributed by atoms with Crippen molar-refractivity contribution in [2.75, 3.05) is 18.7 Å². The number of esters is 1. The number of aliphatic imine (C=N–C) groups is 1. The van der Waals surface area contributed by atoms with E-state index in [9.17, 15) is 9.36 Å². The van der Waals surface area contributed by atoms with E-state index in [1.54, 1.807) is 20.8 Å². The minimum absolute atomic E-state index is 0.105. The normalized spacial score (nSPS) is 23.0. The van der Waals surface area contributed by atoms with Crippen molar-refractivity contribution in [3.8, 4) is 0 Å². The van der Waals surface area contributed by atoms with Crippen molar-refractivity contribution in [1.82, 2.24) is 9.76 Å². The molecule has 154 valence electrons. The molecule has 0 aromatic carbocycles. The number of nitrogens with zero attached hydrogens (tertiary/aromatic N) is 2. The van der Waals surface area contributed by atoms with Gasteiger partial charge in [0, 0.05) is 0 Å². The van der Waals surface area contributed by atoms with Gasteiger partial charge in [-0.3, -0.25) is 9.47 Å². The Balaban J connectivity index is 1.46. The van der Waals surface area contributed by atoms with Gasteiger partial charge in [0.15, 0.2) is 0 Å². The predicted octanol–water partition coefficient (Wildman–Crippen LogP) is 1.53. The maximum atomic E-state index is 12.0. The van der Waals surface area contributed by atoms with Crippen molar-refractivity contribution in [3.05, 3.63) is 23.5 Å². The second-order valence-electron chi connectivity index (χ2n) is 7.05. The highest BCUT2D eigenvalue weighted by Crippen LogP contribution is 2.35. The number of nitrogens with one attached hydrogen (secondary N) is 2. The van der Waals surface area contributed by atoms with Crippen molar-refractivity contribution < 1.29 is 23.4 Å². The molecule has 0 radical (unpaired) electrons. The van der Waals surface area contributed by atoms with Gasteiger partial charge in [-0.15, -0.1) is 4.52 Å². The number of fused-ring (bicyclic) bond motifs is 1. The van der Waals surface area contributed by atoms with E-state index in [2.05, 4.69) is 15.5 Å². The summed E-state index contributed by atoms with van der Waals surface area (Å²) in [4.78, 5) is 15.9. The molecule has 10 nitrogen and oxygen atoms in total. The van der Waals surface area contributed by atoms with Crippen LogP contribution >= 0.6 is 8.18 Å². The Kier molecular flexibility index (Phi) is 6.66. The van der Waals surface area contributed by atoms with Crippen LogP contribution < -0.4 is 16.2 Å². The summed E-state index contributed by atoms with van der Waals surface area (Å²) < 4.78 is 30.4. The Hall–Kier alpha value is -2.00. The summed E-state index contributed by atoms with van der Waals surface area (Å²) in [5.41, 5.74) is 10.9. The summed E-state index contributed by atoms with van der Waals surface area (Å²) in [5.74, 6) is 0.0310. The number of aromatic nitrogens is 1. The SMILES string of the molecule is CC(C)OC(=O)C(C)N[P+](=O)OCC1CCC(c2ccc3n2NCN=C3N)O1. The number of ether oxygens (including phenoxy) is 2. The van der Waals surface area contributed by atoms with Crippen LogP contribution in [0.3, 0.4) is 0 Å². The molecule has 0 aliphatic carbocycles. The Morgan fingerprint density at radius 2 is 2.25 bits per heavy atom. The molecule has 4 N–H and O–H groups in total. The van der Waals surface area contributed by atoms with Crippen LogP contribution in [-0.4, -0.2) is 48.0 Å². The molecule has 4 unspecified atom stereocenters. The molecule has 0 amide bonds. The predicted molar refractivity (Wildman–Crippen MR) is 104 cm³/mol. The summed E-state index contributed by atoms with van der Waals surface area (Å²) in [6.07, 6.45) is 1.09. The Morgan fingerprint density at radius 1 is 1.46 bits per heavy atom. The van der Waals surface area contributed by atoms with Gasteiger partial charge in [-0.2, -0.15) is 0 Å². The molecule has 0 saturated carbocycles. The maximum absolute atomic E-state index is 12.0. The molecule has 1 aromatic rings. The van der Waals surface area contributed by atoms with Crippen LogP contribution in [0.4, 0.5) is 0 Å². The lowest BCUT2D eigenvalue weighted by Crippen LogP contribution is -2.33. The van der Waals surface area contributed by atoms with Gasteiger partial charge in [0.1, 0.15) is 30.8 Å². The van der Waals surface area contributed by atoms with Gasteiger partial charge in [-0.05, 0) is 50.3 Å². The van der Waals surface area contributed by atoms with E-state index in [4.69, 9.17) is 19.7 Å². The number of carbonyl (C=O) groups is 1. The molecule has 0 bridgehead atoms. The lowest BCUT2D eigenvalue weighted by molar-refractivity contribution is -0.149. The van der Waals surface area contributed by atoms with Gasteiger partial charge in [-0.25, -0.2) is 4.99 Å². The molecule has 3 heterocycles. The van der Waals surface area contributed by atoms with Gasteiger partial charge in [-0.1, -0.05) is 5.09 Å². The molecular weight excluding hydrogens is 385 g/mol. The fourth-order valence-electron chi connectivity index (χ4n) is 3.13. The number of rotatable bonds is 8. The average molecular weight is 412 g/mol. The van der Waals surface area contributed by atoms with Crippen LogP contribution in [0.1, 0.15) is 51.1 Å². The van der Waals surface area contributed by atoms with Crippen LogP contribution in [-0.2, 0) is 23.4 Å². The lowest BCUT2D eigenvalue weighted by Gasteiger charge is -2.21. The Morgan fingerprint density at radius 3 is 3.00 bits per heavy atom. The Labute approximate surface area is 164 Å². The van der Waals surface area contributed by atoms with Crippen molar-refractivity contribution >= 4 is 20.0 Å². The van der Waals surface area contributed by atoms with Gasteiger partial charge < -0.3 is 20.6 Å². The summed E-state index contributed by atoms with van der Waals surface area (Å²) in [5, 5.41) is 2.61. The second kappa shape index (κ2) is 9.00. The topological polar surface area (TPSA) is 129 Å². The molecule has 28 heavy (non-hydrogen) atoms. The molecule has 1 fully saturated rings. The first-order valence-electron chi connectivity index (χ1n) is 9.33. The molecular formula is C17H27N5O5P+. The average Bonchev–Trinajstić information content (AvgIpc) is 3.26. The molecule has 3 rings (SSSR count). The summed E-state index contributed by atoms with van der Waals surface area (Å²) >= 11 is 0. The first-order valence-corrected chi connectivity index (χ1v) is 10.5. The van der Waals surface area contributed by atoms with Crippen LogP contribution in [0.5, 0.6) is 0 Å². The minimum atomic E-state index is -2.20. The third kappa shape index (κ3) is 4.88. The zero-order chi connectivity index (χ0) is 20.3. The van der Waals surface area contributed by atoms with Gasteiger partial charge in [0.05, 0.1) is 24.0 Å². The van der Waals surface area contributed by atoms with E-state index >= 15 is 0 Å². The number of nitrogens with two attached hydrogens (primary N) is 1. The zero-order valence-corrected chi connectivity index (χ0v) is 17.1. The molecule has 11 heteroatoms. The third-order valence-electron chi connectivity index (χ3n) is 4.47. The highest BCUT2D eigenvalue weighted by molar-refractivity contribution is 7.36. The standard InChI is InChI=1S/C17H27N5O5P/c1-10(2)26-17(23)11(3)21-28(24)25-8-12-4-7-15(27-12)13-5-6-14-16(18)19-9-20-22(13)14/h5-6,10-12,15,20H,4,7-9H2,1-3H3,(H2,18,19)(H,21,24)/q+1. The summed E-state index contributed by atoms with van der Waals surface area (Å²) in [6, 6.07) is 3.16. The first-order chi connectivity index (χ1) is 13.3. The largest absolute Gasteiger partial charge is 0.613 e. The van der Waals surface area contributed by atoms with Crippen LogP contribution in [0.2, 0.25) is 0 Å². The molecule has 1 aromatic heterocycles. The third-order valence-corrected chi connectivity index (χ3v) is 5.45. The van der Waals surface area contributed by atoms with E-state index in [1.165, 1.54) is 0 Å². The van der Waals surface area contributed by atoms with E-state index in [-0.39, 0.29) is 24.9 Å². The minimum Gasteiger partial charge on any atom is -0.462 e. The van der Waals surface area contributed by atoms with Gasteiger partial charge in [0.25, 0.3) is 0 Å². The summed E-state index contributed by atoms with van der Waals surface area (Å²) in [7, 11) is -2.20. The van der Waals surface area contributed by atoms with E-state index in [1.807, 2.05) is 16.8 Å². The van der Waals surface area contributed by atoms with Crippen LogP contribution in [0.25, 0.3) is 0 Å². The second-order valence-corrected chi connectivity index (χ2v) is 8.08. The fraction of sp³-hybridized carbons (Fsp3) is 0.647. The van der Waals surface area contributed by atoms with Crippen molar-refractivity contribution in [2.24, 2.45) is 10.7 Å². The Bertz CT molecular complexity index is 765. The van der Waals surface area contributed by atoms with Crippen LogP contribution in [0.15, 0.2) is 17.1 Å². The zero-order valence-electron chi connectivity index (χ0n) is 16.3. The smallest absolute Gasteiger partial charge is 0.462 e. The first kappa shape index (κ1) is 20.7. The lowest BCUT2D eigenvalue weighted by atomic mass is 10.1. The highest BCUT2D eigenvalue weighted by atomic mass is 31.1. The van der Waals surface area contributed by atoms with Gasteiger partial charge in [0.2, 0.25) is 0 Å². The number of amidine groups is 1. The van der Waals surface area contributed by atoms with Gasteiger partial charge >= 0.3 is 14.1 Å². The van der Waals surface area contributed by atoms with E-state index in [0.717, 1.165) is 24.2 Å². The maximum Gasteiger partial charge on any atom is 0.613 e. The van der Waals surface area contributed by atoms with Crippen molar-refractivity contribution in [2.45, 2.75) is 58.0 Å². The summed E-state index contributed by atoms with van der Waals surface area (Å²) in [6.45, 7) is 5.70. The molecule has 4 atom stereocenters. The fourth-order valence-corrected chi connectivity index (χ4v) is 3.93. The number of hydrogen-bond donors (Lipinski definition) is 3. The molecule has 0 spiro atoms. The quantitative estimate of drug-likeness (QED) is 0.433. The van der Waals surface area contributed by atoms with Crippen molar-refractivity contribution in [3.63, 3.8) is 0 Å². The number of carbonyl (C=O) groups excluding carboxylic acids is 1. The highest BCUT2D eigenvalue weighted by Gasteiger charge is 2.34. The monoisotopic (exact) mass is 412 g/mol. The number of hydrogen-bond acceptors (Lipinski definition) is 8. The van der Waals surface area contributed by atoms with E-state index < -0.39 is 20.2 Å². The van der Waals surface area contributed by atoms with Crippen LogP contribution in [0, 0.1) is 0 Å². The molecule has 2 aliphatic rings.